The molecule has 25 heavy (non-hydrogen) atoms. The third-order valence-corrected chi connectivity index (χ3v) is 5.40. The monoisotopic (exact) mass is 361 g/mol. The lowest BCUT2D eigenvalue weighted by Crippen LogP contribution is -2.43. The van der Waals surface area contributed by atoms with E-state index in [0.29, 0.717) is 42.2 Å². The van der Waals surface area contributed by atoms with E-state index >= 15 is 0 Å². The molecule has 6 nitrogen and oxygen atoms in total. The number of aromatic nitrogens is 1. The van der Waals surface area contributed by atoms with E-state index in [1.54, 1.807) is 29.2 Å². The van der Waals surface area contributed by atoms with Crippen LogP contribution in [-0.2, 0) is 16.1 Å². The third kappa shape index (κ3) is 3.05. The van der Waals surface area contributed by atoms with Crippen LogP contribution in [0.4, 0.5) is 0 Å². The number of fused-ring (bicyclic) bond motifs is 4. The van der Waals surface area contributed by atoms with E-state index < -0.39 is 0 Å². The summed E-state index contributed by atoms with van der Waals surface area (Å²) < 4.78 is 5.63. The number of rotatable bonds is 2. The van der Waals surface area contributed by atoms with Crippen molar-refractivity contribution in [1.82, 2.24) is 14.8 Å². The maximum absolute atomic E-state index is 12.4. The van der Waals surface area contributed by atoms with Gasteiger partial charge in [-0.1, -0.05) is 17.7 Å². The maximum Gasteiger partial charge on any atom is 0.229 e. The number of carbonyl (C=O) groups is 1. The highest BCUT2D eigenvalue weighted by atomic mass is 35.5. The van der Waals surface area contributed by atoms with Gasteiger partial charge in [-0.15, -0.1) is 0 Å². The quantitative estimate of drug-likeness (QED) is 0.879. The maximum atomic E-state index is 12.4. The fourth-order valence-corrected chi connectivity index (χ4v) is 3.95. The Hall–Kier alpha value is -1.89. The van der Waals surface area contributed by atoms with Crippen LogP contribution in [0.25, 0.3) is 10.9 Å². The van der Waals surface area contributed by atoms with Gasteiger partial charge in [0.25, 0.3) is 0 Å². The minimum absolute atomic E-state index is 0.0377. The molecule has 1 N–H and O–H groups in total. The number of carbonyl (C=O) groups excluding carboxylic acids is 1. The van der Waals surface area contributed by atoms with Gasteiger partial charge in [0.15, 0.2) is 5.43 Å². The van der Waals surface area contributed by atoms with Crippen molar-refractivity contribution in [1.29, 1.82) is 0 Å². The highest BCUT2D eigenvalue weighted by Crippen LogP contribution is 2.22. The number of halogens is 1. The van der Waals surface area contributed by atoms with Crippen molar-refractivity contribution in [2.24, 2.45) is 5.92 Å². The molecule has 2 aromatic rings. The zero-order valence-electron chi connectivity index (χ0n) is 14.0. The van der Waals surface area contributed by atoms with Crippen molar-refractivity contribution in [3.63, 3.8) is 0 Å². The van der Waals surface area contributed by atoms with Crippen LogP contribution in [0.15, 0.2) is 29.1 Å². The second-order valence-electron chi connectivity index (χ2n) is 6.85. The SMILES string of the molecule is CN1C(=O)[C@H]2COC[C@@H]1CN(Cc1cc(=O)c3cccc(Cl)c3[nH]1)C2. The molecule has 0 radical (unpaired) electrons. The first-order valence-corrected chi connectivity index (χ1v) is 8.78. The summed E-state index contributed by atoms with van der Waals surface area (Å²) in [5.74, 6) is -0.0201. The zero-order valence-corrected chi connectivity index (χ0v) is 14.8. The van der Waals surface area contributed by atoms with Gasteiger partial charge in [-0.25, -0.2) is 0 Å². The van der Waals surface area contributed by atoms with Gasteiger partial charge in [-0.05, 0) is 12.1 Å². The Balaban J connectivity index is 1.64. The number of para-hydroxylation sites is 1. The van der Waals surface area contributed by atoms with Crippen molar-refractivity contribution in [3.8, 4) is 0 Å². The molecule has 7 heteroatoms. The van der Waals surface area contributed by atoms with E-state index in [1.807, 2.05) is 7.05 Å². The lowest BCUT2D eigenvalue weighted by Gasteiger charge is -2.29. The van der Waals surface area contributed by atoms with Gasteiger partial charge in [0, 0.05) is 43.8 Å². The third-order valence-electron chi connectivity index (χ3n) is 5.09. The Kier molecular flexibility index (Phi) is 4.27. The van der Waals surface area contributed by atoms with Crippen LogP contribution >= 0.6 is 11.6 Å². The summed E-state index contributed by atoms with van der Waals surface area (Å²) >= 11 is 6.23. The predicted molar refractivity (Wildman–Crippen MR) is 95.7 cm³/mol. The predicted octanol–water partition coefficient (Wildman–Crippen LogP) is 1.47. The van der Waals surface area contributed by atoms with Gasteiger partial charge >= 0.3 is 0 Å². The highest BCUT2D eigenvalue weighted by Gasteiger charge is 2.37. The highest BCUT2D eigenvalue weighted by molar-refractivity contribution is 6.35. The van der Waals surface area contributed by atoms with E-state index in [-0.39, 0.29) is 23.3 Å². The number of benzene rings is 1. The number of nitrogens with zero attached hydrogens (tertiary/aromatic N) is 2. The molecular formula is C18H20ClN3O3. The standard InChI is InChI=1S/C18H20ClN3O3/c1-21-13-8-22(6-11(18(21)24)9-25-10-13)7-12-5-16(23)14-3-2-4-15(19)17(14)20-12/h2-5,11,13H,6-10H2,1H3,(H,20,23)/t11-,13+/m1/s1. The summed E-state index contributed by atoms with van der Waals surface area (Å²) in [6.45, 7) is 2.93. The number of likely N-dealkylation sites (N-methyl/N-ethyl adjacent to an activating group) is 1. The lowest BCUT2D eigenvalue weighted by atomic mass is 10.1. The van der Waals surface area contributed by atoms with E-state index in [0.717, 1.165) is 12.2 Å². The Morgan fingerprint density at radius 1 is 1.28 bits per heavy atom. The molecule has 4 rings (SSSR count). The molecule has 3 heterocycles. The molecule has 2 bridgehead atoms. The Bertz CT molecular complexity index is 881. The van der Waals surface area contributed by atoms with Crippen LogP contribution in [0.3, 0.4) is 0 Å². The van der Waals surface area contributed by atoms with Crippen molar-refractivity contribution >= 4 is 28.4 Å². The number of hydrogen-bond donors (Lipinski definition) is 1. The average molecular weight is 362 g/mol. The molecule has 1 aromatic carbocycles. The number of amides is 1. The van der Waals surface area contributed by atoms with Crippen LogP contribution in [-0.4, -0.2) is 60.1 Å². The number of hydrogen-bond acceptors (Lipinski definition) is 4. The van der Waals surface area contributed by atoms with E-state index in [9.17, 15) is 9.59 Å². The Morgan fingerprint density at radius 3 is 2.96 bits per heavy atom. The second kappa shape index (κ2) is 6.44. The van der Waals surface area contributed by atoms with Crippen molar-refractivity contribution in [2.75, 3.05) is 33.4 Å². The number of ether oxygens (including phenoxy) is 1. The van der Waals surface area contributed by atoms with Gasteiger partial charge in [0.2, 0.25) is 5.91 Å². The largest absolute Gasteiger partial charge is 0.378 e. The molecule has 0 saturated carbocycles. The molecule has 2 fully saturated rings. The van der Waals surface area contributed by atoms with E-state index in [1.165, 1.54) is 0 Å². The van der Waals surface area contributed by atoms with Crippen molar-refractivity contribution < 1.29 is 9.53 Å². The molecule has 0 spiro atoms. The molecule has 2 atom stereocenters. The molecule has 0 aliphatic carbocycles. The molecule has 2 saturated heterocycles. The number of H-pyrrole nitrogens is 1. The smallest absolute Gasteiger partial charge is 0.229 e. The molecule has 2 aliphatic heterocycles. The van der Waals surface area contributed by atoms with Crippen molar-refractivity contribution in [3.05, 3.63) is 45.2 Å². The van der Waals surface area contributed by atoms with Gasteiger partial charge in [0.05, 0.1) is 35.7 Å². The van der Waals surface area contributed by atoms with Crippen LogP contribution < -0.4 is 5.43 Å². The molecule has 1 amide bonds. The van der Waals surface area contributed by atoms with Crippen LogP contribution in [0.5, 0.6) is 0 Å². The van der Waals surface area contributed by atoms with E-state index in [4.69, 9.17) is 16.3 Å². The first-order valence-electron chi connectivity index (χ1n) is 8.40. The first kappa shape index (κ1) is 16.6. The first-order chi connectivity index (χ1) is 12.0. The summed E-state index contributed by atoms with van der Waals surface area (Å²) in [7, 11) is 1.84. The fraction of sp³-hybridized carbons (Fsp3) is 0.444. The van der Waals surface area contributed by atoms with Crippen LogP contribution in [0.1, 0.15) is 5.69 Å². The fourth-order valence-electron chi connectivity index (χ4n) is 3.73. The molecule has 2 aliphatic rings. The van der Waals surface area contributed by atoms with Crippen LogP contribution in [0.2, 0.25) is 5.02 Å². The zero-order chi connectivity index (χ0) is 17.6. The number of pyridine rings is 1. The summed E-state index contributed by atoms with van der Waals surface area (Å²) in [6.07, 6.45) is 0. The second-order valence-corrected chi connectivity index (χ2v) is 7.26. The van der Waals surface area contributed by atoms with Gasteiger partial charge in [-0.3, -0.25) is 14.5 Å². The molecule has 1 aromatic heterocycles. The summed E-state index contributed by atoms with van der Waals surface area (Å²) in [4.78, 5) is 32.1. The minimum Gasteiger partial charge on any atom is -0.378 e. The number of nitrogens with one attached hydrogen (secondary N) is 1. The summed E-state index contributed by atoms with van der Waals surface area (Å²) in [5.41, 5.74) is 1.43. The Morgan fingerprint density at radius 2 is 2.12 bits per heavy atom. The van der Waals surface area contributed by atoms with Crippen molar-refractivity contribution in [2.45, 2.75) is 12.6 Å². The topological polar surface area (TPSA) is 65.6 Å². The number of aromatic amines is 1. The average Bonchev–Trinajstić information content (AvgIpc) is 2.75. The van der Waals surface area contributed by atoms with Gasteiger partial charge in [-0.2, -0.15) is 0 Å². The molecule has 132 valence electrons. The van der Waals surface area contributed by atoms with E-state index in [2.05, 4.69) is 9.88 Å². The lowest BCUT2D eigenvalue weighted by molar-refractivity contribution is -0.133. The Labute approximate surface area is 150 Å². The summed E-state index contributed by atoms with van der Waals surface area (Å²) in [6, 6.07) is 6.98. The normalized spacial score (nSPS) is 24.6. The molecular weight excluding hydrogens is 342 g/mol. The van der Waals surface area contributed by atoms with Gasteiger partial charge < -0.3 is 14.6 Å². The van der Waals surface area contributed by atoms with Crippen LogP contribution in [0, 0.1) is 5.92 Å². The molecule has 0 unspecified atom stereocenters. The summed E-state index contributed by atoms with van der Waals surface area (Å²) in [5, 5.41) is 1.12. The minimum atomic E-state index is -0.159. The van der Waals surface area contributed by atoms with Gasteiger partial charge in [0.1, 0.15) is 0 Å².